The summed E-state index contributed by atoms with van der Waals surface area (Å²) in [5, 5.41) is 9.42. The van der Waals surface area contributed by atoms with Crippen molar-refractivity contribution in [3.8, 4) is 5.69 Å². The van der Waals surface area contributed by atoms with E-state index >= 15 is 0 Å². The van der Waals surface area contributed by atoms with Gasteiger partial charge in [0.15, 0.2) is 0 Å². The molecular weight excluding hydrogens is 306 g/mol. The molecule has 0 aliphatic rings. The molecule has 126 valence electrons. The second-order valence-electron chi connectivity index (χ2n) is 6.61. The first-order valence-electron chi connectivity index (χ1n) is 7.84. The van der Waals surface area contributed by atoms with Gasteiger partial charge in [-0.1, -0.05) is 6.92 Å². The van der Waals surface area contributed by atoms with Gasteiger partial charge in [0.2, 0.25) is 0 Å². The molecule has 2 aromatic heterocycles. The van der Waals surface area contributed by atoms with Crippen molar-refractivity contribution in [2.24, 2.45) is 0 Å². The van der Waals surface area contributed by atoms with E-state index in [1.54, 1.807) is 10.9 Å². The lowest BCUT2D eigenvalue weighted by atomic mass is 10.2. The maximum Gasteiger partial charge on any atom is 0.435 e. The van der Waals surface area contributed by atoms with Gasteiger partial charge in [0.1, 0.15) is 11.4 Å². The van der Waals surface area contributed by atoms with Gasteiger partial charge in [-0.2, -0.15) is 14.9 Å². The van der Waals surface area contributed by atoms with Gasteiger partial charge in [-0.05, 0) is 45.4 Å². The first-order valence-corrected chi connectivity index (χ1v) is 7.84. The molecule has 0 fully saturated rings. The molecule has 0 unspecified atom stereocenters. The Kier molecular flexibility index (Phi) is 3.79. The van der Waals surface area contributed by atoms with E-state index in [1.807, 2.05) is 52.0 Å². The highest BCUT2D eigenvalue weighted by Gasteiger charge is 2.20. The maximum absolute atomic E-state index is 12.2. The minimum absolute atomic E-state index is 0.503. The molecule has 24 heavy (non-hydrogen) atoms. The first-order chi connectivity index (χ1) is 11.3. The van der Waals surface area contributed by atoms with Crippen molar-refractivity contribution in [3.63, 3.8) is 0 Å². The summed E-state index contributed by atoms with van der Waals surface area (Å²) in [4.78, 5) is 12.2. The van der Waals surface area contributed by atoms with Crippen molar-refractivity contribution in [3.05, 3.63) is 36.2 Å². The van der Waals surface area contributed by atoms with Crippen LogP contribution >= 0.6 is 0 Å². The Hall–Kier alpha value is -2.83. The summed E-state index contributed by atoms with van der Waals surface area (Å²) in [7, 11) is 0. The fourth-order valence-corrected chi connectivity index (χ4v) is 2.43. The molecule has 7 heteroatoms. The third kappa shape index (κ3) is 2.97. The molecule has 0 aliphatic carbocycles. The van der Waals surface area contributed by atoms with Crippen molar-refractivity contribution in [1.82, 2.24) is 19.6 Å². The van der Waals surface area contributed by atoms with Gasteiger partial charge in [0, 0.05) is 11.5 Å². The number of carbonyl (C=O) groups excluding carboxylic acids is 1. The summed E-state index contributed by atoms with van der Waals surface area (Å²) in [5.74, 6) is 0.575. The molecule has 0 aliphatic heterocycles. The number of hydrogen-bond acceptors (Lipinski definition) is 5. The van der Waals surface area contributed by atoms with E-state index in [2.05, 4.69) is 10.2 Å². The van der Waals surface area contributed by atoms with Crippen LogP contribution in [0.4, 0.5) is 10.6 Å². The molecule has 0 saturated carbocycles. The summed E-state index contributed by atoms with van der Waals surface area (Å²) in [6, 6.07) is 7.42. The average Bonchev–Trinajstić information content (AvgIpc) is 3.07. The molecule has 3 aromatic rings. The van der Waals surface area contributed by atoms with Crippen molar-refractivity contribution < 1.29 is 9.53 Å². The second kappa shape index (κ2) is 5.67. The van der Waals surface area contributed by atoms with Gasteiger partial charge >= 0.3 is 6.09 Å². The fourth-order valence-electron chi connectivity index (χ4n) is 2.43. The highest BCUT2D eigenvalue weighted by Crippen LogP contribution is 2.22. The van der Waals surface area contributed by atoms with Gasteiger partial charge in [0.05, 0.1) is 23.1 Å². The van der Waals surface area contributed by atoms with Crippen LogP contribution in [0.15, 0.2) is 30.5 Å². The van der Waals surface area contributed by atoms with E-state index in [0.29, 0.717) is 11.3 Å². The fraction of sp³-hybridized carbons (Fsp3) is 0.353. The van der Waals surface area contributed by atoms with Crippen LogP contribution in [-0.4, -0.2) is 31.3 Å². The number of fused-ring (bicyclic) bond motifs is 1. The van der Waals surface area contributed by atoms with E-state index in [1.165, 1.54) is 4.68 Å². The number of rotatable bonds is 2. The van der Waals surface area contributed by atoms with E-state index in [9.17, 15) is 4.79 Å². The lowest BCUT2D eigenvalue weighted by Gasteiger charge is -2.19. The molecule has 7 nitrogen and oxygen atoms in total. The quantitative estimate of drug-likeness (QED) is 0.781. The monoisotopic (exact) mass is 327 g/mol. The van der Waals surface area contributed by atoms with Gasteiger partial charge in [-0.3, -0.25) is 0 Å². The molecule has 0 spiro atoms. The minimum atomic E-state index is -0.574. The predicted octanol–water partition coefficient (Wildman–Crippen LogP) is 3.15. The SMILES string of the molecule is CCc1cc(N)n(-c2ccc3c(cnn3C(=O)OC(C)(C)C)c2)n1. The summed E-state index contributed by atoms with van der Waals surface area (Å²) in [5.41, 5.74) is 7.87. The number of aryl methyl sites for hydroxylation is 1. The molecule has 0 amide bonds. The molecule has 0 saturated heterocycles. The van der Waals surface area contributed by atoms with Crippen LogP contribution in [-0.2, 0) is 11.2 Å². The lowest BCUT2D eigenvalue weighted by molar-refractivity contribution is 0.0523. The average molecular weight is 327 g/mol. The van der Waals surface area contributed by atoms with Crippen molar-refractivity contribution >= 4 is 22.8 Å². The molecule has 2 N–H and O–H groups in total. The number of hydrogen-bond donors (Lipinski definition) is 1. The molecule has 0 radical (unpaired) electrons. The Balaban J connectivity index is 1.99. The molecule has 1 aromatic carbocycles. The summed E-state index contributed by atoms with van der Waals surface area (Å²) < 4.78 is 8.31. The Morgan fingerprint density at radius 3 is 2.67 bits per heavy atom. The summed E-state index contributed by atoms with van der Waals surface area (Å²) >= 11 is 0. The Morgan fingerprint density at radius 1 is 1.29 bits per heavy atom. The molecule has 2 heterocycles. The van der Waals surface area contributed by atoms with Crippen LogP contribution in [0.25, 0.3) is 16.6 Å². The van der Waals surface area contributed by atoms with Crippen LogP contribution in [0, 0.1) is 0 Å². The number of anilines is 1. The van der Waals surface area contributed by atoms with Gasteiger partial charge in [-0.25, -0.2) is 9.48 Å². The largest absolute Gasteiger partial charge is 0.442 e. The zero-order valence-electron chi connectivity index (χ0n) is 14.3. The Labute approximate surface area is 140 Å². The zero-order valence-corrected chi connectivity index (χ0v) is 14.3. The summed E-state index contributed by atoms with van der Waals surface area (Å²) in [6.45, 7) is 7.49. The number of nitrogens with two attached hydrogens (primary N) is 1. The third-order valence-electron chi connectivity index (χ3n) is 3.51. The van der Waals surface area contributed by atoms with Crippen LogP contribution in [0.3, 0.4) is 0 Å². The predicted molar refractivity (Wildman–Crippen MR) is 92.3 cm³/mol. The topological polar surface area (TPSA) is 88.0 Å². The number of ether oxygens (including phenoxy) is 1. The van der Waals surface area contributed by atoms with Crippen LogP contribution in [0.5, 0.6) is 0 Å². The molecule has 0 bridgehead atoms. The van der Waals surface area contributed by atoms with E-state index in [4.69, 9.17) is 10.5 Å². The van der Waals surface area contributed by atoms with E-state index < -0.39 is 11.7 Å². The number of nitrogen functional groups attached to an aromatic ring is 1. The lowest BCUT2D eigenvalue weighted by Crippen LogP contribution is -2.27. The highest BCUT2D eigenvalue weighted by atomic mass is 16.6. The van der Waals surface area contributed by atoms with E-state index in [-0.39, 0.29) is 0 Å². The number of aromatic nitrogens is 4. The number of carbonyl (C=O) groups is 1. The second-order valence-corrected chi connectivity index (χ2v) is 6.61. The third-order valence-corrected chi connectivity index (χ3v) is 3.51. The highest BCUT2D eigenvalue weighted by molar-refractivity contribution is 5.88. The number of benzene rings is 1. The van der Waals surface area contributed by atoms with Crippen LogP contribution in [0.2, 0.25) is 0 Å². The molecule has 3 rings (SSSR count). The normalized spacial score (nSPS) is 11.8. The van der Waals surface area contributed by atoms with Crippen LogP contribution in [0.1, 0.15) is 33.4 Å². The van der Waals surface area contributed by atoms with Crippen molar-refractivity contribution in [2.75, 3.05) is 5.73 Å². The van der Waals surface area contributed by atoms with E-state index in [0.717, 1.165) is 23.2 Å². The molecule has 0 atom stereocenters. The smallest absolute Gasteiger partial charge is 0.435 e. The zero-order chi connectivity index (χ0) is 17.5. The molecular formula is C17H21N5O2. The minimum Gasteiger partial charge on any atom is -0.442 e. The van der Waals surface area contributed by atoms with Crippen molar-refractivity contribution in [1.29, 1.82) is 0 Å². The van der Waals surface area contributed by atoms with Gasteiger partial charge < -0.3 is 10.5 Å². The van der Waals surface area contributed by atoms with Gasteiger partial charge in [0.25, 0.3) is 0 Å². The van der Waals surface area contributed by atoms with Crippen LogP contribution < -0.4 is 5.73 Å². The maximum atomic E-state index is 12.2. The number of nitrogens with zero attached hydrogens (tertiary/aromatic N) is 4. The van der Waals surface area contributed by atoms with Gasteiger partial charge in [-0.15, -0.1) is 0 Å². The Morgan fingerprint density at radius 2 is 2.04 bits per heavy atom. The standard InChI is InChI=1S/C17H21N5O2/c1-5-12-9-15(18)21(20-12)13-6-7-14-11(8-13)10-19-22(14)16(23)24-17(2,3)4/h6-10H,5,18H2,1-4H3. The Bertz CT molecular complexity index is 901. The summed E-state index contributed by atoms with van der Waals surface area (Å²) in [6.07, 6.45) is 1.94. The first kappa shape index (κ1) is 16.0. The van der Waals surface area contributed by atoms with Crippen molar-refractivity contribution in [2.45, 2.75) is 39.7 Å².